The smallest absolute Gasteiger partial charge is 0.181 e. The van der Waals surface area contributed by atoms with Crippen LogP contribution >= 0.6 is 11.8 Å². The quantitative estimate of drug-likeness (QED) is 0.548. The third kappa shape index (κ3) is 2.09. The summed E-state index contributed by atoms with van der Waals surface area (Å²) in [5.41, 5.74) is 7.03. The van der Waals surface area contributed by atoms with Gasteiger partial charge in [0.2, 0.25) is 0 Å². The van der Waals surface area contributed by atoms with E-state index in [2.05, 4.69) is 19.9 Å². The Morgan fingerprint density at radius 2 is 2.11 bits per heavy atom. The van der Waals surface area contributed by atoms with Crippen LogP contribution in [0.25, 0.3) is 11.2 Å². The Morgan fingerprint density at radius 1 is 1.22 bits per heavy atom. The number of H-pyrrole nitrogens is 1. The lowest BCUT2D eigenvalue weighted by Gasteiger charge is -1.99. The molecule has 6 nitrogen and oxygen atoms in total. The standard InChI is InChI=1S/C11H11N5OS/c12-3-7-1-2-8(17-7)4-18-11-9-10(14-5-13-9)15-6-16-11/h1-2,5-6H,3-4,12H2,(H,13,14,15,16). The van der Waals surface area contributed by atoms with Gasteiger partial charge in [-0.3, -0.25) is 0 Å². The van der Waals surface area contributed by atoms with Gasteiger partial charge < -0.3 is 15.1 Å². The van der Waals surface area contributed by atoms with E-state index in [0.717, 1.165) is 22.1 Å². The Hall–Kier alpha value is -1.86. The zero-order valence-corrected chi connectivity index (χ0v) is 10.3. The molecule has 0 radical (unpaired) electrons. The molecule has 18 heavy (non-hydrogen) atoms. The van der Waals surface area contributed by atoms with E-state index < -0.39 is 0 Å². The highest BCUT2D eigenvalue weighted by Crippen LogP contribution is 2.26. The number of thioether (sulfide) groups is 1. The summed E-state index contributed by atoms with van der Waals surface area (Å²) in [4.78, 5) is 15.4. The predicted octanol–water partition coefficient (Wildman–Crippen LogP) is 1.70. The minimum Gasteiger partial charge on any atom is -0.464 e. The molecule has 3 aromatic heterocycles. The summed E-state index contributed by atoms with van der Waals surface area (Å²) in [7, 11) is 0. The van der Waals surface area contributed by atoms with Crippen molar-refractivity contribution in [1.82, 2.24) is 19.9 Å². The summed E-state index contributed by atoms with van der Waals surface area (Å²) in [5.74, 6) is 2.37. The molecular weight excluding hydrogens is 250 g/mol. The van der Waals surface area contributed by atoms with Crippen LogP contribution in [0.5, 0.6) is 0 Å². The molecule has 92 valence electrons. The van der Waals surface area contributed by atoms with Gasteiger partial charge in [-0.15, -0.1) is 0 Å². The van der Waals surface area contributed by atoms with Crippen LogP contribution in [-0.2, 0) is 12.3 Å². The van der Waals surface area contributed by atoms with Gasteiger partial charge in [0.25, 0.3) is 0 Å². The van der Waals surface area contributed by atoms with Gasteiger partial charge in [-0.25, -0.2) is 15.0 Å². The third-order valence-electron chi connectivity index (χ3n) is 2.46. The van der Waals surface area contributed by atoms with Crippen LogP contribution in [0.15, 0.2) is 34.2 Å². The molecular formula is C11H11N5OS. The molecule has 0 amide bonds. The SMILES string of the molecule is NCc1ccc(CSc2ncnc3nc[nH]c23)o1. The van der Waals surface area contributed by atoms with Crippen molar-refractivity contribution in [3.63, 3.8) is 0 Å². The number of aromatic amines is 1. The third-order valence-corrected chi connectivity index (χ3v) is 3.47. The molecule has 3 rings (SSSR count). The molecule has 0 atom stereocenters. The van der Waals surface area contributed by atoms with E-state index >= 15 is 0 Å². The van der Waals surface area contributed by atoms with Crippen molar-refractivity contribution in [3.8, 4) is 0 Å². The molecule has 0 saturated carbocycles. The maximum Gasteiger partial charge on any atom is 0.181 e. The lowest BCUT2D eigenvalue weighted by atomic mass is 10.4. The van der Waals surface area contributed by atoms with Crippen molar-refractivity contribution in [2.75, 3.05) is 0 Å². The second kappa shape index (κ2) is 4.79. The highest BCUT2D eigenvalue weighted by atomic mass is 32.2. The van der Waals surface area contributed by atoms with Gasteiger partial charge in [-0.1, -0.05) is 11.8 Å². The minimum atomic E-state index is 0.420. The van der Waals surface area contributed by atoms with Crippen LogP contribution < -0.4 is 5.73 Å². The number of aromatic nitrogens is 4. The summed E-state index contributed by atoms with van der Waals surface area (Å²) in [5, 5.41) is 0.864. The van der Waals surface area contributed by atoms with Gasteiger partial charge in [0.1, 0.15) is 28.4 Å². The fourth-order valence-corrected chi connectivity index (χ4v) is 2.45. The fraction of sp³-hybridized carbons (Fsp3) is 0.182. The molecule has 3 aromatic rings. The molecule has 0 spiro atoms. The molecule has 0 aliphatic carbocycles. The molecule has 0 aromatic carbocycles. The zero-order chi connectivity index (χ0) is 12.4. The molecule has 7 heteroatoms. The summed E-state index contributed by atoms with van der Waals surface area (Å²) < 4.78 is 5.53. The van der Waals surface area contributed by atoms with Gasteiger partial charge in [-0.05, 0) is 12.1 Å². The normalized spacial score (nSPS) is 11.2. The number of rotatable bonds is 4. The first-order valence-electron chi connectivity index (χ1n) is 5.41. The second-order valence-corrected chi connectivity index (χ2v) is 4.60. The van der Waals surface area contributed by atoms with E-state index in [0.29, 0.717) is 17.9 Å². The monoisotopic (exact) mass is 261 g/mol. The molecule has 0 aliphatic rings. The molecule has 0 aliphatic heterocycles. The van der Waals surface area contributed by atoms with E-state index in [9.17, 15) is 0 Å². The maximum atomic E-state index is 5.53. The van der Waals surface area contributed by atoms with Crippen LogP contribution in [0.3, 0.4) is 0 Å². The first-order valence-corrected chi connectivity index (χ1v) is 6.40. The van der Waals surface area contributed by atoms with E-state index in [4.69, 9.17) is 10.2 Å². The van der Waals surface area contributed by atoms with Gasteiger partial charge in [0.15, 0.2) is 5.65 Å². The summed E-state index contributed by atoms with van der Waals surface area (Å²) in [6.45, 7) is 0.420. The van der Waals surface area contributed by atoms with E-state index in [-0.39, 0.29) is 0 Å². The first-order chi connectivity index (χ1) is 8.86. The number of nitrogens with two attached hydrogens (primary N) is 1. The van der Waals surface area contributed by atoms with E-state index in [1.54, 1.807) is 18.1 Å². The van der Waals surface area contributed by atoms with Crippen molar-refractivity contribution >= 4 is 22.9 Å². The lowest BCUT2D eigenvalue weighted by molar-refractivity contribution is 0.482. The van der Waals surface area contributed by atoms with Crippen molar-refractivity contribution < 1.29 is 4.42 Å². The van der Waals surface area contributed by atoms with Crippen LogP contribution in [0.2, 0.25) is 0 Å². The molecule has 0 saturated heterocycles. The van der Waals surface area contributed by atoms with Crippen LogP contribution in [0.4, 0.5) is 0 Å². The van der Waals surface area contributed by atoms with Crippen molar-refractivity contribution in [3.05, 3.63) is 36.3 Å². The average molecular weight is 261 g/mol. The topological polar surface area (TPSA) is 93.6 Å². The van der Waals surface area contributed by atoms with E-state index in [1.807, 2.05) is 12.1 Å². The number of hydrogen-bond acceptors (Lipinski definition) is 6. The zero-order valence-electron chi connectivity index (χ0n) is 9.46. The summed E-state index contributed by atoms with van der Waals surface area (Å²) >= 11 is 1.57. The van der Waals surface area contributed by atoms with Gasteiger partial charge in [-0.2, -0.15) is 0 Å². The van der Waals surface area contributed by atoms with Crippen molar-refractivity contribution in [1.29, 1.82) is 0 Å². The number of fused-ring (bicyclic) bond motifs is 1. The molecule has 0 unspecified atom stereocenters. The number of hydrogen-bond donors (Lipinski definition) is 2. The van der Waals surface area contributed by atoms with E-state index in [1.165, 1.54) is 6.33 Å². The molecule has 3 heterocycles. The maximum absolute atomic E-state index is 5.53. The van der Waals surface area contributed by atoms with Gasteiger partial charge in [0.05, 0.1) is 18.6 Å². The van der Waals surface area contributed by atoms with Crippen LogP contribution in [-0.4, -0.2) is 19.9 Å². The Kier molecular flexibility index (Phi) is 2.99. The Morgan fingerprint density at radius 3 is 2.94 bits per heavy atom. The van der Waals surface area contributed by atoms with Crippen molar-refractivity contribution in [2.24, 2.45) is 5.73 Å². The highest BCUT2D eigenvalue weighted by molar-refractivity contribution is 7.98. The number of imidazole rings is 1. The highest BCUT2D eigenvalue weighted by Gasteiger charge is 2.08. The minimum absolute atomic E-state index is 0.420. The Labute approximate surface area is 107 Å². The number of nitrogens with zero attached hydrogens (tertiary/aromatic N) is 3. The summed E-state index contributed by atoms with van der Waals surface area (Å²) in [6.07, 6.45) is 3.13. The molecule has 0 bridgehead atoms. The largest absolute Gasteiger partial charge is 0.464 e. The lowest BCUT2D eigenvalue weighted by Crippen LogP contribution is -1.92. The van der Waals surface area contributed by atoms with Gasteiger partial charge >= 0.3 is 0 Å². The Bertz CT molecular complexity index is 662. The van der Waals surface area contributed by atoms with Crippen molar-refractivity contribution in [2.45, 2.75) is 17.3 Å². The second-order valence-electron chi connectivity index (χ2n) is 3.64. The number of furan rings is 1. The predicted molar refractivity (Wildman–Crippen MR) is 67.8 cm³/mol. The van der Waals surface area contributed by atoms with Crippen LogP contribution in [0.1, 0.15) is 11.5 Å². The first kappa shape index (κ1) is 11.2. The number of nitrogens with one attached hydrogen (secondary N) is 1. The van der Waals surface area contributed by atoms with Gasteiger partial charge in [0, 0.05) is 0 Å². The fourth-order valence-electron chi connectivity index (χ4n) is 1.60. The molecule has 0 fully saturated rings. The Balaban J connectivity index is 1.78. The molecule has 3 N–H and O–H groups in total. The van der Waals surface area contributed by atoms with Crippen LogP contribution in [0, 0.1) is 0 Å². The summed E-state index contributed by atoms with van der Waals surface area (Å²) in [6, 6.07) is 3.82. The average Bonchev–Trinajstić information content (AvgIpc) is 3.05.